The lowest BCUT2D eigenvalue weighted by Crippen LogP contribution is -2.15. The van der Waals surface area contributed by atoms with Gasteiger partial charge in [-0.15, -0.1) is 5.10 Å². The molecule has 0 amide bonds. The zero-order valence-corrected chi connectivity index (χ0v) is 16.0. The van der Waals surface area contributed by atoms with E-state index in [0.717, 1.165) is 5.69 Å². The third kappa shape index (κ3) is 3.03. The quantitative estimate of drug-likeness (QED) is 0.512. The normalized spacial score (nSPS) is 12.4. The molecule has 4 aromatic rings. The molecule has 5 rings (SSSR count). The highest BCUT2D eigenvalue weighted by Crippen LogP contribution is 2.35. The van der Waals surface area contributed by atoms with Gasteiger partial charge in [0.05, 0.1) is 23.1 Å². The van der Waals surface area contributed by atoms with Gasteiger partial charge in [-0.05, 0) is 37.3 Å². The molecule has 1 aliphatic rings. The maximum absolute atomic E-state index is 12.8. The van der Waals surface area contributed by atoms with Crippen LogP contribution in [0.15, 0.2) is 41.2 Å². The summed E-state index contributed by atoms with van der Waals surface area (Å²) in [6, 6.07) is 10.1. The third-order valence-electron chi connectivity index (χ3n) is 4.34. The van der Waals surface area contributed by atoms with Crippen molar-refractivity contribution in [3.63, 3.8) is 0 Å². The molecule has 0 aliphatic carbocycles. The second-order valence-electron chi connectivity index (χ2n) is 6.16. The Labute approximate surface area is 167 Å². The van der Waals surface area contributed by atoms with E-state index in [2.05, 4.69) is 15.4 Å². The van der Waals surface area contributed by atoms with Crippen LogP contribution < -0.4 is 20.3 Å². The average Bonchev–Trinajstić information content (AvgIpc) is 3.34. The van der Waals surface area contributed by atoms with Crippen molar-refractivity contribution in [1.82, 2.24) is 14.6 Å². The number of ether oxygens (including phenoxy) is 3. The van der Waals surface area contributed by atoms with Gasteiger partial charge in [0.15, 0.2) is 11.5 Å². The highest BCUT2D eigenvalue weighted by Gasteiger charge is 2.18. The lowest BCUT2D eigenvalue weighted by atomic mass is 10.2. The number of nitrogens with one attached hydrogen (secondary N) is 1. The molecule has 10 heteroatoms. The van der Waals surface area contributed by atoms with Crippen LogP contribution in [0.5, 0.6) is 11.5 Å². The molecular formula is C19H14N4O5S. The Kier molecular flexibility index (Phi) is 4.06. The molecule has 0 saturated heterocycles. The molecule has 9 nitrogen and oxygen atoms in total. The van der Waals surface area contributed by atoms with Crippen molar-refractivity contribution in [3.05, 3.63) is 52.3 Å². The van der Waals surface area contributed by atoms with Gasteiger partial charge >= 0.3 is 5.97 Å². The van der Waals surface area contributed by atoms with E-state index in [1.165, 1.54) is 15.9 Å². The number of hydrogen-bond acceptors (Lipinski definition) is 9. The van der Waals surface area contributed by atoms with Gasteiger partial charge in [0.1, 0.15) is 0 Å². The van der Waals surface area contributed by atoms with Crippen LogP contribution in [0.2, 0.25) is 0 Å². The summed E-state index contributed by atoms with van der Waals surface area (Å²) in [5, 5.41) is 8.35. The summed E-state index contributed by atoms with van der Waals surface area (Å²) in [5.41, 5.74) is 1.41. The highest BCUT2D eigenvalue weighted by molar-refractivity contribution is 7.20. The van der Waals surface area contributed by atoms with Crippen molar-refractivity contribution >= 4 is 44.0 Å². The summed E-state index contributed by atoms with van der Waals surface area (Å²) in [4.78, 5) is 29.5. The molecule has 146 valence electrons. The van der Waals surface area contributed by atoms with Crippen LogP contribution in [0.1, 0.15) is 17.3 Å². The number of carbonyl (C=O) groups is 1. The first kappa shape index (κ1) is 17.4. The van der Waals surface area contributed by atoms with Gasteiger partial charge in [-0.25, -0.2) is 9.78 Å². The van der Waals surface area contributed by atoms with E-state index in [9.17, 15) is 9.59 Å². The van der Waals surface area contributed by atoms with Gasteiger partial charge in [0, 0.05) is 11.8 Å². The van der Waals surface area contributed by atoms with E-state index in [1.54, 1.807) is 43.3 Å². The van der Waals surface area contributed by atoms with Gasteiger partial charge in [-0.3, -0.25) is 4.79 Å². The fourth-order valence-electron chi connectivity index (χ4n) is 2.98. The zero-order chi connectivity index (χ0) is 20.0. The van der Waals surface area contributed by atoms with Crippen molar-refractivity contribution < 1.29 is 19.0 Å². The molecule has 2 aromatic heterocycles. The van der Waals surface area contributed by atoms with Crippen molar-refractivity contribution in [2.45, 2.75) is 6.92 Å². The van der Waals surface area contributed by atoms with Gasteiger partial charge in [0.25, 0.3) is 5.56 Å². The first-order valence-electron chi connectivity index (χ1n) is 8.80. The molecule has 0 radical (unpaired) electrons. The van der Waals surface area contributed by atoms with E-state index >= 15 is 0 Å². The Morgan fingerprint density at radius 2 is 2.00 bits per heavy atom. The van der Waals surface area contributed by atoms with Gasteiger partial charge in [-0.1, -0.05) is 11.3 Å². The maximum atomic E-state index is 12.8. The predicted octanol–water partition coefficient (Wildman–Crippen LogP) is 2.95. The Morgan fingerprint density at radius 3 is 2.76 bits per heavy atom. The fourth-order valence-corrected chi connectivity index (χ4v) is 3.79. The largest absolute Gasteiger partial charge is 0.462 e. The van der Waals surface area contributed by atoms with E-state index in [4.69, 9.17) is 14.2 Å². The monoisotopic (exact) mass is 410 g/mol. The highest BCUT2D eigenvalue weighted by atomic mass is 32.1. The Hall–Kier alpha value is -3.66. The molecule has 2 aromatic carbocycles. The Balaban J connectivity index is 1.48. The molecule has 0 spiro atoms. The summed E-state index contributed by atoms with van der Waals surface area (Å²) < 4.78 is 16.9. The van der Waals surface area contributed by atoms with Crippen LogP contribution in [0, 0.1) is 0 Å². The minimum Gasteiger partial charge on any atom is -0.462 e. The SMILES string of the molecule is CCOC(=O)c1ccc(Nc2nn3c(=O)c4cc5c(cc4nc3s2)OCO5)cc1. The lowest BCUT2D eigenvalue weighted by Gasteiger charge is -2.04. The second-order valence-corrected chi connectivity index (χ2v) is 7.12. The lowest BCUT2D eigenvalue weighted by molar-refractivity contribution is 0.0526. The van der Waals surface area contributed by atoms with Crippen molar-refractivity contribution in [1.29, 1.82) is 0 Å². The van der Waals surface area contributed by atoms with Crippen LogP contribution in [0.3, 0.4) is 0 Å². The Morgan fingerprint density at radius 1 is 1.24 bits per heavy atom. The fraction of sp³-hybridized carbons (Fsp3) is 0.158. The minimum absolute atomic E-state index is 0.128. The smallest absolute Gasteiger partial charge is 0.338 e. The number of fused-ring (bicyclic) bond motifs is 3. The first-order valence-corrected chi connectivity index (χ1v) is 9.61. The van der Waals surface area contributed by atoms with E-state index in [0.29, 0.717) is 44.7 Å². The Bertz CT molecular complexity index is 1310. The number of nitrogens with zero attached hydrogens (tertiary/aromatic N) is 3. The topological polar surface area (TPSA) is 104 Å². The van der Waals surface area contributed by atoms with Crippen LogP contribution in [-0.2, 0) is 4.74 Å². The van der Waals surface area contributed by atoms with Gasteiger partial charge < -0.3 is 19.5 Å². The van der Waals surface area contributed by atoms with Crippen molar-refractivity contribution in [2.75, 3.05) is 18.7 Å². The number of anilines is 2. The number of rotatable bonds is 4. The number of esters is 1. The second kappa shape index (κ2) is 6.74. The third-order valence-corrected chi connectivity index (χ3v) is 5.16. The molecule has 0 fully saturated rings. The molecule has 1 N–H and O–H groups in total. The van der Waals surface area contributed by atoms with Gasteiger partial charge in [0.2, 0.25) is 16.9 Å². The molecule has 0 atom stereocenters. The molecule has 3 heterocycles. The van der Waals surface area contributed by atoms with Crippen LogP contribution in [-0.4, -0.2) is 34.0 Å². The van der Waals surface area contributed by atoms with E-state index < -0.39 is 0 Å². The van der Waals surface area contributed by atoms with Crippen molar-refractivity contribution in [2.24, 2.45) is 0 Å². The van der Waals surface area contributed by atoms with Crippen LogP contribution in [0.4, 0.5) is 10.8 Å². The molecule has 0 saturated carbocycles. The molecule has 1 aliphatic heterocycles. The maximum Gasteiger partial charge on any atom is 0.338 e. The molecule has 29 heavy (non-hydrogen) atoms. The predicted molar refractivity (Wildman–Crippen MR) is 106 cm³/mol. The molecule has 0 unspecified atom stereocenters. The summed E-state index contributed by atoms with van der Waals surface area (Å²) >= 11 is 1.24. The summed E-state index contributed by atoms with van der Waals surface area (Å²) in [5.74, 6) is 0.714. The first-order chi connectivity index (χ1) is 14.1. The standard InChI is InChI=1S/C19H14N4O5S/c1-2-26-17(25)10-3-5-11(6-4-10)20-18-22-23-16(24)12-7-14-15(28-9-27-14)8-13(12)21-19(23)29-18/h3-8H,2,9H2,1H3,(H,20,22). The molecule has 0 bridgehead atoms. The summed E-state index contributed by atoms with van der Waals surface area (Å²) in [7, 11) is 0. The minimum atomic E-state index is -0.374. The number of hydrogen-bond donors (Lipinski definition) is 1. The number of benzene rings is 2. The average molecular weight is 410 g/mol. The number of carbonyl (C=O) groups excluding carboxylic acids is 1. The van der Waals surface area contributed by atoms with Crippen LogP contribution >= 0.6 is 11.3 Å². The van der Waals surface area contributed by atoms with Gasteiger partial charge in [-0.2, -0.15) is 4.52 Å². The summed E-state index contributed by atoms with van der Waals surface area (Å²) in [6.07, 6.45) is 0. The summed E-state index contributed by atoms with van der Waals surface area (Å²) in [6.45, 7) is 2.21. The molecular weight excluding hydrogens is 396 g/mol. The van der Waals surface area contributed by atoms with E-state index in [1.807, 2.05) is 0 Å². The van der Waals surface area contributed by atoms with Crippen molar-refractivity contribution in [3.8, 4) is 11.5 Å². The number of aromatic nitrogens is 3. The van der Waals surface area contributed by atoms with E-state index in [-0.39, 0.29) is 18.3 Å². The zero-order valence-electron chi connectivity index (χ0n) is 15.2. The van der Waals surface area contributed by atoms with Crippen LogP contribution in [0.25, 0.3) is 15.9 Å².